The highest BCUT2D eigenvalue weighted by molar-refractivity contribution is 6.17. The number of hydrogen-bond acceptors (Lipinski definition) is 3. The van der Waals surface area contributed by atoms with Crippen molar-refractivity contribution in [3.05, 3.63) is 22.9 Å². The van der Waals surface area contributed by atoms with Crippen LogP contribution in [0.2, 0.25) is 0 Å². The van der Waals surface area contributed by atoms with Crippen molar-refractivity contribution in [3.8, 4) is 0 Å². The molecule has 0 spiro atoms. The lowest BCUT2D eigenvalue weighted by Gasteiger charge is -2.30. The zero-order valence-electron chi connectivity index (χ0n) is 12.4. The quantitative estimate of drug-likeness (QED) is 0.791. The van der Waals surface area contributed by atoms with Crippen LogP contribution in [0.4, 0.5) is 5.82 Å². The summed E-state index contributed by atoms with van der Waals surface area (Å²) in [7, 11) is 4.27. The number of pyridine rings is 1. The lowest BCUT2D eigenvalue weighted by atomic mass is 10.1. The maximum absolute atomic E-state index is 6.14. The van der Waals surface area contributed by atoms with E-state index in [4.69, 9.17) is 16.6 Å². The van der Waals surface area contributed by atoms with Crippen molar-refractivity contribution in [2.75, 3.05) is 32.1 Å². The first-order valence-electron chi connectivity index (χ1n) is 6.97. The van der Waals surface area contributed by atoms with Crippen molar-refractivity contribution < 1.29 is 0 Å². The summed E-state index contributed by atoms with van der Waals surface area (Å²) in [6, 6.07) is 2.68. The molecule has 2 heterocycles. The summed E-state index contributed by atoms with van der Waals surface area (Å²) in [5, 5.41) is 0. The molecule has 0 N–H and O–H groups in total. The first-order chi connectivity index (χ1) is 9.02. The fraction of sp³-hybridized carbons (Fsp3) is 0.667. The minimum Gasteiger partial charge on any atom is -0.352 e. The van der Waals surface area contributed by atoms with E-state index < -0.39 is 0 Å². The second-order valence-corrected chi connectivity index (χ2v) is 6.04. The van der Waals surface area contributed by atoms with Gasteiger partial charge in [0.1, 0.15) is 5.82 Å². The number of halogens is 1. The Balaban J connectivity index is 2.34. The van der Waals surface area contributed by atoms with Gasteiger partial charge in [0.25, 0.3) is 0 Å². The third-order valence-electron chi connectivity index (χ3n) is 3.81. The molecule has 0 radical (unpaired) electrons. The van der Waals surface area contributed by atoms with Crippen molar-refractivity contribution in [1.29, 1.82) is 0 Å². The maximum atomic E-state index is 6.14. The molecule has 3 nitrogen and oxygen atoms in total. The predicted octanol–water partition coefficient (Wildman–Crippen LogP) is 2.97. The highest BCUT2D eigenvalue weighted by atomic mass is 35.5. The van der Waals surface area contributed by atoms with Gasteiger partial charge in [0.2, 0.25) is 0 Å². The van der Waals surface area contributed by atoms with Crippen LogP contribution in [0.3, 0.4) is 0 Å². The van der Waals surface area contributed by atoms with E-state index in [1.165, 1.54) is 24.0 Å². The van der Waals surface area contributed by atoms with E-state index in [0.717, 1.165) is 24.6 Å². The Labute approximate surface area is 121 Å². The third kappa shape index (κ3) is 3.21. The van der Waals surface area contributed by atoms with E-state index in [1.807, 2.05) is 0 Å². The van der Waals surface area contributed by atoms with Crippen LogP contribution < -0.4 is 4.90 Å². The molecule has 19 heavy (non-hydrogen) atoms. The summed E-state index contributed by atoms with van der Waals surface area (Å²) in [5.41, 5.74) is 3.53. The summed E-state index contributed by atoms with van der Waals surface area (Å²) in [6.45, 7) is 6.37. The molecule has 0 bridgehead atoms. The number of rotatable bonds is 4. The fourth-order valence-corrected chi connectivity index (χ4v) is 3.30. The van der Waals surface area contributed by atoms with Crippen LogP contribution in [0, 0.1) is 13.8 Å². The SMILES string of the molecule is Cc1cc(C)c(CCl)c(N2CCCC2CN(C)C)n1. The molecule has 0 aliphatic carbocycles. The van der Waals surface area contributed by atoms with Crippen LogP contribution in [0.25, 0.3) is 0 Å². The maximum Gasteiger partial charge on any atom is 0.133 e. The second-order valence-electron chi connectivity index (χ2n) is 5.77. The number of hydrogen-bond donors (Lipinski definition) is 0. The zero-order chi connectivity index (χ0) is 14.0. The molecule has 0 saturated carbocycles. The minimum absolute atomic E-state index is 0.541. The molecule has 1 saturated heterocycles. The summed E-state index contributed by atoms with van der Waals surface area (Å²) in [5.74, 6) is 1.65. The van der Waals surface area contributed by atoms with Gasteiger partial charge in [-0.2, -0.15) is 0 Å². The summed E-state index contributed by atoms with van der Waals surface area (Å²) in [6.07, 6.45) is 2.49. The van der Waals surface area contributed by atoms with Crippen LogP contribution in [0.15, 0.2) is 6.07 Å². The molecule has 1 fully saturated rings. The van der Waals surface area contributed by atoms with Gasteiger partial charge in [-0.3, -0.25) is 0 Å². The normalized spacial score (nSPS) is 19.5. The average molecular weight is 282 g/mol. The topological polar surface area (TPSA) is 19.4 Å². The minimum atomic E-state index is 0.541. The average Bonchev–Trinajstić information content (AvgIpc) is 2.75. The Morgan fingerprint density at radius 1 is 1.42 bits per heavy atom. The van der Waals surface area contributed by atoms with Gasteiger partial charge < -0.3 is 9.80 Å². The van der Waals surface area contributed by atoms with Crippen molar-refractivity contribution >= 4 is 17.4 Å². The molecule has 4 heteroatoms. The summed E-state index contributed by atoms with van der Waals surface area (Å²) >= 11 is 6.14. The van der Waals surface area contributed by atoms with Gasteiger partial charge in [-0.05, 0) is 52.4 Å². The van der Waals surface area contributed by atoms with E-state index in [1.54, 1.807) is 0 Å². The Hall–Kier alpha value is -0.800. The fourth-order valence-electron chi connectivity index (χ4n) is 2.97. The Kier molecular flexibility index (Phi) is 4.69. The molecular formula is C15H24ClN3. The van der Waals surface area contributed by atoms with Crippen LogP contribution in [0.1, 0.15) is 29.7 Å². The number of likely N-dealkylation sites (N-methyl/N-ethyl adjacent to an activating group) is 1. The first kappa shape index (κ1) is 14.6. The summed E-state index contributed by atoms with van der Waals surface area (Å²) < 4.78 is 0. The molecule has 1 aliphatic heterocycles. The number of nitrogens with zero attached hydrogens (tertiary/aromatic N) is 3. The molecule has 1 aliphatic rings. The molecule has 0 aromatic carbocycles. The number of alkyl halides is 1. The van der Waals surface area contributed by atoms with Crippen molar-refractivity contribution in [2.24, 2.45) is 0 Å². The van der Waals surface area contributed by atoms with Crippen LogP contribution >= 0.6 is 11.6 Å². The van der Waals surface area contributed by atoms with E-state index in [9.17, 15) is 0 Å². The van der Waals surface area contributed by atoms with Gasteiger partial charge in [0, 0.05) is 30.4 Å². The predicted molar refractivity (Wildman–Crippen MR) is 82.2 cm³/mol. The van der Waals surface area contributed by atoms with Gasteiger partial charge in [-0.25, -0.2) is 4.98 Å². The van der Waals surface area contributed by atoms with Crippen molar-refractivity contribution in [2.45, 2.75) is 38.6 Å². The zero-order valence-corrected chi connectivity index (χ0v) is 13.2. The number of aromatic nitrogens is 1. The Bertz CT molecular complexity index is 445. The highest BCUT2D eigenvalue weighted by Crippen LogP contribution is 2.30. The largest absolute Gasteiger partial charge is 0.352 e. The smallest absolute Gasteiger partial charge is 0.133 e. The van der Waals surface area contributed by atoms with Gasteiger partial charge in [-0.1, -0.05) is 0 Å². The van der Waals surface area contributed by atoms with Crippen LogP contribution in [-0.4, -0.2) is 43.1 Å². The van der Waals surface area contributed by atoms with E-state index in [2.05, 4.69) is 43.8 Å². The lowest BCUT2D eigenvalue weighted by Crippen LogP contribution is -2.38. The van der Waals surface area contributed by atoms with Crippen molar-refractivity contribution in [1.82, 2.24) is 9.88 Å². The van der Waals surface area contributed by atoms with E-state index in [0.29, 0.717) is 11.9 Å². The number of aryl methyl sites for hydroxylation is 2. The monoisotopic (exact) mass is 281 g/mol. The summed E-state index contributed by atoms with van der Waals surface area (Å²) in [4.78, 5) is 9.48. The van der Waals surface area contributed by atoms with Crippen molar-refractivity contribution in [3.63, 3.8) is 0 Å². The van der Waals surface area contributed by atoms with Gasteiger partial charge >= 0.3 is 0 Å². The second kappa shape index (κ2) is 6.10. The third-order valence-corrected chi connectivity index (χ3v) is 4.08. The first-order valence-corrected chi connectivity index (χ1v) is 7.51. The molecule has 1 aromatic heterocycles. The van der Waals surface area contributed by atoms with E-state index in [-0.39, 0.29) is 0 Å². The Morgan fingerprint density at radius 3 is 2.79 bits per heavy atom. The van der Waals surface area contributed by atoms with Gasteiger partial charge in [0.05, 0.1) is 5.88 Å². The molecular weight excluding hydrogens is 258 g/mol. The lowest BCUT2D eigenvalue weighted by molar-refractivity contribution is 0.371. The number of anilines is 1. The molecule has 0 amide bonds. The van der Waals surface area contributed by atoms with Crippen LogP contribution in [-0.2, 0) is 5.88 Å². The molecule has 1 aromatic rings. The van der Waals surface area contributed by atoms with Gasteiger partial charge in [-0.15, -0.1) is 11.6 Å². The highest BCUT2D eigenvalue weighted by Gasteiger charge is 2.28. The molecule has 106 valence electrons. The van der Waals surface area contributed by atoms with Crippen LogP contribution in [0.5, 0.6) is 0 Å². The Morgan fingerprint density at radius 2 is 2.16 bits per heavy atom. The van der Waals surface area contributed by atoms with E-state index >= 15 is 0 Å². The molecule has 2 rings (SSSR count). The molecule has 1 unspecified atom stereocenters. The van der Waals surface area contributed by atoms with Gasteiger partial charge in [0.15, 0.2) is 0 Å². The standard InChI is InChI=1S/C15H24ClN3/c1-11-8-12(2)17-15(14(11)9-16)19-7-5-6-13(19)10-18(3)4/h8,13H,5-7,9-10H2,1-4H3. The molecule has 1 atom stereocenters.